The highest BCUT2D eigenvalue weighted by molar-refractivity contribution is 5.76. The molecule has 1 fully saturated rings. The number of benzene rings is 3. The van der Waals surface area contributed by atoms with Crippen LogP contribution in [0.2, 0.25) is 0 Å². The van der Waals surface area contributed by atoms with Gasteiger partial charge in [0.2, 0.25) is 5.91 Å². The molecule has 1 amide bonds. The van der Waals surface area contributed by atoms with Gasteiger partial charge in [-0.15, -0.1) is 0 Å². The number of carbonyl (C=O) groups excluding carboxylic acids is 1. The summed E-state index contributed by atoms with van der Waals surface area (Å²) in [6.07, 6.45) is 1.11. The van der Waals surface area contributed by atoms with Crippen LogP contribution >= 0.6 is 0 Å². The molecule has 0 bridgehead atoms. The lowest BCUT2D eigenvalue weighted by Crippen LogP contribution is -2.49. The van der Waals surface area contributed by atoms with Crippen molar-refractivity contribution in [2.24, 2.45) is 0 Å². The molecule has 0 atom stereocenters. The molecule has 1 aliphatic rings. The minimum absolute atomic E-state index is 0.176. The summed E-state index contributed by atoms with van der Waals surface area (Å²) >= 11 is 0. The first-order valence-corrected chi connectivity index (χ1v) is 10.6. The van der Waals surface area contributed by atoms with Gasteiger partial charge in [-0.25, -0.2) is 4.39 Å². The van der Waals surface area contributed by atoms with Crippen LogP contribution in [0.5, 0.6) is 0 Å². The zero-order valence-electron chi connectivity index (χ0n) is 17.1. The van der Waals surface area contributed by atoms with E-state index in [2.05, 4.69) is 53.4 Å². The predicted molar refractivity (Wildman–Crippen MR) is 118 cm³/mol. The van der Waals surface area contributed by atoms with Crippen molar-refractivity contribution in [3.05, 3.63) is 107 Å². The third-order valence-electron chi connectivity index (χ3n) is 5.80. The Kier molecular flexibility index (Phi) is 6.55. The van der Waals surface area contributed by atoms with Crippen LogP contribution in [-0.4, -0.2) is 41.9 Å². The Morgan fingerprint density at radius 1 is 0.767 bits per heavy atom. The van der Waals surface area contributed by atoms with Crippen LogP contribution in [0.1, 0.15) is 29.2 Å². The van der Waals surface area contributed by atoms with Gasteiger partial charge in [-0.2, -0.15) is 0 Å². The van der Waals surface area contributed by atoms with Crippen molar-refractivity contribution >= 4 is 5.91 Å². The van der Waals surface area contributed by atoms with Crippen LogP contribution in [0.15, 0.2) is 84.9 Å². The van der Waals surface area contributed by atoms with E-state index in [9.17, 15) is 9.18 Å². The molecule has 0 aliphatic carbocycles. The fraction of sp³-hybridized carbons (Fsp3) is 0.269. The summed E-state index contributed by atoms with van der Waals surface area (Å²) in [5.74, 6) is -0.0671. The highest BCUT2D eigenvalue weighted by Crippen LogP contribution is 2.29. The lowest BCUT2D eigenvalue weighted by atomic mass is 9.96. The number of carbonyl (C=O) groups is 1. The summed E-state index contributed by atoms with van der Waals surface area (Å²) in [6.45, 7) is 3.16. The highest BCUT2D eigenvalue weighted by atomic mass is 19.1. The van der Waals surface area contributed by atoms with Crippen LogP contribution in [0.25, 0.3) is 0 Å². The Labute approximate surface area is 177 Å². The maximum Gasteiger partial charge on any atom is 0.222 e. The summed E-state index contributed by atoms with van der Waals surface area (Å²) in [4.78, 5) is 17.1. The van der Waals surface area contributed by atoms with Crippen molar-refractivity contribution in [2.45, 2.75) is 18.9 Å². The lowest BCUT2D eigenvalue weighted by molar-refractivity contribution is -0.133. The molecule has 3 nitrogen and oxygen atoms in total. The first-order chi connectivity index (χ1) is 14.7. The molecule has 0 N–H and O–H groups in total. The van der Waals surface area contributed by atoms with Crippen LogP contribution in [0, 0.1) is 5.82 Å². The molecule has 0 radical (unpaired) electrons. The zero-order chi connectivity index (χ0) is 20.8. The minimum Gasteiger partial charge on any atom is -0.340 e. The van der Waals surface area contributed by atoms with Crippen molar-refractivity contribution in [1.82, 2.24) is 9.80 Å². The first kappa shape index (κ1) is 20.3. The zero-order valence-corrected chi connectivity index (χ0v) is 17.1. The number of amides is 1. The maximum atomic E-state index is 13.0. The van der Waals surface area contributed by atoms with E-state index in [-0.39, 0.29) is 17.8 Å². The number of hydrogen-bond acceptors (Lipinski definition) is 2. The van der Waals surface area contributed by atoms with E-state index >= 15 is 0 Å². The summed E-state index contributed by atoms with van der Waals surface area (Å²) in [7, 11) is 0. The maximum absolute atomic E-state index is 13.0. The second-order valence-electron chi connectivity index (χ2n) is 7.77. The Balaban J connectivity index is 1.38. The number of piperazine rings is 1. The number of halogens is 1. The van der Waals surface area contributed by atoms with Gasteiger partial charge in [-0.05, 0) is 35.2 Å². The third-order valence-corrected chi connectivity index (χ3v) is 5.80. The second-order valence-corrected chi connectivity index (χ2v) is 7.77. The van der Waals surface area contributed by atoms with E-state index in [1.54, 1.807) is 12.1 Å². The van der Waals surface area contributed by atoms with Crippen molar-refractivity contribution in [1.29, 1.82) is 0 Å². The Hall–Kier alpha value is -2.98. The largest absolute Gasteiger partial charge is 0.340 e. The summed E-state index contributed by atoms with van der Waals surface area (Å²) in [5.41, 5.74) is 3.55. The number of aryl methyl sites for hydroxylation is 1. The average molecular weight is 403 g/mol. The van der Waals surface area contributed by atoms with Crippen molar-refractivity contribution in [3.63, 3.8) is 0 Å². The molecule has 0 saturated carbocycles. The molecular formula is C26H27FN2O. The monoisotopic (exact) mass is 402 g/mol. The average Bonchev–Trinajstić information content (AvgIpc) is 2.81. The van der Waals surface area contributed by atoms with Crippen LogP contribution < -0.4 is 0 Å². The molecule has 1 aliphatic heterocycles. The topological polar surface area (TPSA) is 23.6 Å². The van der Waals surface area contributed by atoms with Gasteiger partial charge in [0.05, 0.1) is 6.04 Å². The van der Waals surface area contributed by atoms with E-state index in [0.717, 1.165) is 31.7 Å². The molecule has 4 heteroatoms. The first-order valence-electron chi connectivity index (χ1n) is 10.6. The summed E-state index contributed by atoms with van der Waals surface area (Å²) in [5, 5.41) is 0. The molecular weight excluding hydrogens is 375 g/mol. The van der Waals surface area contributed by atoms with Gasteiger partial charge in [-0.3, -0.25) is 9.69 Å². The summed E-state index contributed by atoms with van der Waals surface area (Å²) < 4.78 is 13.0. The standard InChI is InChI=1S/C26H27FN2O/c27-24-14-11-21(12-15-24)13-16-25(30)28-17-19-29(20-18-28)26(22-7-3-1-4-8-22)23-9-5-2-6-10-23/h1-12,14-15,26H,13,16-20H2. The molecule has 4 rings (SSSR count). The molecule has 0 unspecified atom stereocenters. The fourth-order valence-electron chi connectivity index (χ4n) is 4.17. The van der Waals surface area contributed by atoms with Crippen LogP contribution in [0.3, 0.4) is 0 Å². The number of nitrogens with zero attached hydrogens (tertiary/aromatic N) is 2. The normalized spacial score (nSPS) is 14.8. The number of rotatable bonds is 6. The van der Waals surface area contributed by atoms with Crippen molar-refractivity contribution in [3.8, 4) is 0 Å². The third kappa shape index (κ3) is 4.95. The predicted octanol–water partition coefficient (Wildman–Crippen LogP) is 4.69. The van der Waals surface area contributed by atoms with Gasteiger partial charge in [0, 0.05) is 32.6 Å². The lowest BCUT2D eigenvalue weighted by Gasteiger charge is -2.40. The second kappa shape index (κ2) is 9.68. The molecule has 1 saturated heterocycles. The summed E-state index contributed by atoms with van der Waals surface area (Å²) in [6, 6.07) is 27.7. The highest BCUT2D eigenvalue weighted by Gasteiger charge is 2.27. The molecule has 0 aromatic heterocycles. The fourth-order valence-corrected chi connectivity index (χ4v) is 4.17. The molecule has 3 aromatic carbocycles. The van der Waals surface area contributed by atoms with E-state index < -0.39 is 0 Å². The van der Waals surface area contributed by atoms with Crippen LogP contribution in [-0.2, 0) is 11.2 Å². The van der Waals surface area contributed by atoms with Crippen molar-refractivity contribution < 1.29 is 9.18 Å². The van der Waals surface area contributed by atoms with E-state index in [1.807, 2.05) is 17.0 Å². The van der Waals surface area contributed by atoms with Crippen LogP contribution in [0.4, 0.5) is 4.39 Å². The van der Waals surface area contributed by atoms with Gasteiger partial charge in [0.15, 0.2) is 0 Å². The molecule has 154 valence electrons. The Morgan fingerprint density at radius 3 is 1.83 bits per heavy atom. The van der Waals surface area contributed by atoms with E-state index in [0.29, 0.717) is 12.8 Å². The SMILES string of the molecule is O=C(CCc1ccc(F)cc1)N1CCN(C(c2ccccc2)c2ccccc2)CC1. The quantitative estimate of drug-likeness (QED) is 0.597. The van der Waals surface area contributed by atoms with Gasteiger partial charge in [-0.1, -0.05) is 72.8 Å². The van der Waals surface area contributed by atoms with Crippen molar-refractivity contribution in [2.75, 3.05) is 26.2 Å². The molecule has 1 heterocycles. The molecule has 30 heavy (non-hydrogen) atoms. The Morgan fingerprint density at radius 2 is 1.30 bits per heavy atom. The van der Waals surface area contributed by atoms with Gasteiger partial charge in [0.1, 0.15) is 5.82 Å². The van der Waals surface area contributed by atoms with E-state index in [1.165, 1.54) is 23.3 Å². The minimum atomic E-state index is -0.243. The van der Waals surface area contributed by atoms with Gasteiger partial charge in [0.25, 0.3) is 0 Å². The molecule has 3 aromatic rings. The molecule has 0 spiro atoms. The smallest absolute Gasteiger partial charge is 0.222 e. The van der Waals surface area contributed by atoms with Gasteiger partial charge < -0.3 is 4.90 Å². The Bertz CT molecular complexity index is 896. The number of hydrogen-bond donors (Lipinski definition) is 0. The van der Waals surface area contributed by atoms with Gasteiger partial charge >= 0.3 is 0 Å². The van der Waals surface area contributed by atoms with E-state index in [4.69, 9.17) is 0 Å².